The Kier molecular flexibility index (Phi) is 3.32. The molecule has 0 saturated carbocycles. The van der Waals surface area contributed by atoms with E-state index >= 15 is 0 Å². The van der Waals surface area contributed by atoms with Gasteiger partial charge in [-0.2, -0.15) is 0 Å². The number of fused-ring (bicyclic) bond motifs is 1. The van der Waals surface area contributed by atoms with E-state index in [4.69, 9.17) is 14.4 Å². The molecule has 1 aromatic carbocycles. The second-order valence-electron chi connectivity index (χ2n) is 3.61. The molecule has 1 aliphatic heterocycles. The first-order chi connectivity index (χ1) is 7.79. The van der Waals surface area contributed by atoms with Crippen molar-refractivity contribution in [1.29, 1.82) is 0 Å². The van der Waals surface area contributed by atoms with Crippen LogP contribution in [0, 0.1) is 0 Å². The molecule has 2 rings (SSSR count). The van der Waals surface area contributed by atoms with Gasteiger partial charge in [0.1, 0.15) is 11.5 Å². The molecule has 0 aromatic heterocycles. The minimum atomic E-state index is -0.375. The summed E-state index contributed by atoms with van der Waals surface area (Å²) in [5.74, 6) is 3.33. The van der Waals surface area contributed by atoms with Gasteiger partial charge in [0.05, 0.1) is 6.61 Å². The van der Waals surface area contributed by atoms with Crippen molar-refractivity contribution < 1.29 is 14.4 Å². The fourth-order valence-electron chi connectivity index (χ4n) is 1.36. The van der Waals surface area contributed by atoms with Crippen LogP contribution in [0.4, 0.5) is 0 Å². The molecular weight excluding hydrogens is 203 g/mol. The van der Waals surface area contributed by atoms with Crippen molar-refractivity contribution in [2.45, 2.75) is 6.92 Å². The number of allylic oxidation sites excluding steroid dienone is 2. The van der Waals surface area contributed by atoms with Gasteiger partial charge >= 0.3 is 7.12 Å². The first-order valence-electron chi connectivity index (χ1n) is 5.17. The fraction of sp³-hybridized carbons (Fsp3) is 0.167. The third-order valence-electron chi connectivity index (χ3n) is 2.23. The van der Waals surface area contributed by atoms with Crippen molar-refractivity contribution in [1.82, 2.24) is 0 Å². The summed E-state index contributed by atoms with van der Waals surface area (Å²) in [5.41, 5.74) is 0.895. The van der Waals surface area contributed by atoms with Crippen LogP contribution in [0.5, 0.6) is 11.5 Å². The number of hydrogen-bond acceptors (Lipinski definition) is 3. The zero-order chi connectivity index (χ0) is 11.4. The molecule has 1 aliphatic rings. The van der Waals surface area contributed by atoms with E-state index in [0.29, 0.717) is 0 Å². The SMILES string of the molecule is C/C(=C\C=C\B1Oc2ccccc2O1)CO. The van der Waals surface area contributed by atoms with Gasteiger partial charge in [0.15, 0.2) is 0 Å². The van der Waals surface area contributed by atoms with E-state index in [-0.39, 0.29) is 13.7 Å². The molecule has 0 fully saturated rings. The van der Waals surface area contributed by atoms with Crippen LogP contribution in [0.3, 0.4) is 0 Å². The van der Waals surface area contributed by atoms with Crippen molar-refractivity contribution in [3.05, 3.63) is 48.0 Å². The molecule has 16 heavy (non-hydrogen) atoms. The molecule has 1 heterocycles. The molecule has 3 nitrogen and oxygen atoms in total. The maximum Gasteiger partial charge on any atom is 0.625 e. The predicted molar refractivity (Wildman–Crippen MR) is 63.4 cm³/mol. The number of aliphatic hydroxyl groups is 1. The van der Waals surface area contributed by atoms with Gasteiger partial charge in [-0.25, -0.2) is 0 Å². The lowest BCUT2D eigenvalue weighted by molar-refractivity contribution is 0.331. The summed E-state index contributed by atoms with van der Waals surface area (Å²) in [6.45, 7) is 1.92. The van der Waals surface area contributed by atoms with Crippen molar-refractivity contribution >= 4 is 7.12 Å². The topological polar surface area (TPSA) is 38.7 Å². The molecule has 1 N–H and O–H groups in total. The molecule has 0 radical (unpaired) electrons. The average molecular weight is 216 g/mol. The summed E-state index contributed by atoms with van der Waals surface area (Å²) in [7, 11) is -0.375. The van der Waals surface area contributed by atoms with Gasteiger partial charge < -0.3 is 14.4 Å². The van der Waals surface area contributed by atoms with Gasteiger partial charge in [0.25, 0.3) is 0 Å². The molecular formula is C12H13BO3. The minimum Gasteiger partial charge on any atom is -0.520 e. The van der Waals surface area contributed by atoms with Gasteiger partial charge in [-0.3, -0.25) is 0 Å². The average Bonchev–Trinajstić information content (AvgIpc) is 2.71. The van der Waals surface area contributed by atoms with E-state index in [1.807, 2.05) is 43.3 Å². The molecule has 0 atom stereocenters. The zero-order valence-electron chi connectivity index (χ0n) is 9.09. The molecule has 0 amide bonds. The van der Waals surface area contributed by atoms with E-state index in [1.54, 1.807) is 5.98 Å². The standard InChI is InChI=1S/C12H13BO3/c1-10(9-14)5-4-8-13-15-11-6-2-3-7-12(11)16-13/h2-8,14H,9H2,1H3/b8-4+,10-5+. The van der Waals surface area contributed by atoms with Gasteiger partial charge in [-0.1, -0.05) is 24.3 Å². The van der Waals surface area contributed by atoms with Crippen LogP contribution < -0.4 is 9.31 Å². The normalized spacial score (nSPS) is 14.9. The lowest BCUT2D eigenvalue weighted by Gasteiger charge is -1.96. The summed E-state index contributed by atoms with van der Waals surface area (Å²) < 4.78 is 11.0. The second-order valence-corrected chi connectivity index (χ2v) is 3.61. The second kappa shape index (κ2) is 4.90. The van der Waals surface area contributed by atoms with Crippen molar-refractivity contribution in [3.8, 4) is 11.5 Å². The smallest absolute Gasteiger partial charge is 0.520 e. The first-order valence-corrected chi connectivity index (χ1v) is 5.17. The highest BCUT2D eigenvalue weighted by molar-refractivity contribution is 6.53. The van der Waals surface area contributed by atoms with Crippen LogP contribution in [0.25, 0.3) is 0 Å². The maximum atomic E-state index is 8.80. The monoisotopic (exact) mass is 216 g/mol. The molecule has 4 heteroatoms. The van der Waals surface area contributed by atoms with E-state index < -0.39 is 0 Å². The van der Waals surface area contributed by atoms with E-state index in [9.17, 15) is 0 Å². The highest BCUT2D eigenvalue weighted by Crippen LogP contribution is 2.32. The molecule has 82 valence electrons. The van der Waals surface area contributed by atoms with Gasteiger partial charge in [-0.05, 0) is 30.6 Å². The Labute approximate surface area is 95.1 Å². The summed E-state index contributed by atoms with van der Waals surface area (Å²) in [4.78, 5) is 0. The number of aliphatic hydroxyl groups excluding tert-OH is 1. The number of para-hydroxylation sites is 2. The predicted octanol–water partition coefficient (Wildman–Crippen LogP) is 1.98. The Morgan fingerprint density at radius 2 is 1.94 bits per heavy atom. The molecule has 0 spiro atoms. The van der Waals surface area contributed by atoms with Gasteiger partial charge in [0.2, 0.25) is 0 Å². The highest BCUT2D eigenvalue weighted by atomic mass is 16.6. The lowest BCUT2D eigenvalue weighted by Crippen LogP contribution is -2.21. The van der Waals surface area contributed by atoms with E-state index in [0.717, 1.165) is 17.1 Å². The lowest BCUT2D eigenvalue weighted by atomic mass is 9.90. The van der Waals surface area contributed by atoms with E-state index in [1.165, 1.54) is 0 Å². The third kappa shape index (κ3) is 2.46. The number of hydrogen-bond donors (Lipinski definition) is 1. The van der Waals surface area contributed by atoms with Gasteiger partial charge in [-0.15, -0.1) is 0 Å². The summed E-state index contributed by atoms with van der Waals surface area (Å²) in [6, 6.07) is 7.56. The first kappa shape index (κ1) is 10.8. The maximum absolute atomic E-state index is 8.80. The van der Waals surface area contributed by atoms with Crippen molar-refractivity contribution in [2.75, 3.05) is 6.61 Å². The van der Waals surface area contributed by atoms with Crippen LogP contribution in [0.1, 0.15) is 6.92 Å². The van der Waals surface area contributed by atoms with Crippen LogP contribution in [0.2, 0.25) is 0 Å². The van der Waals surface area contributed by atoms with Crippen LogP contribution >= 0.6 is 0 Å². The number of rotatable bonds is 3. The quantitative estimate of drug-likeness (QED) is 0.620. The minimum absolute atomic E-state index is 0.0664. The van der Waals surface area contributed by atoms with Crippen molar-refractivity contribution in [2.24, 2.45) is 0 Å². The third-order valence-corrected chi connectivity index (χ3v) is 2.23. The molecule has 1 aromatic rings. The number of benzene rings is 1. The Bertz CT molecular complexity index is 401. The Hall–Kier alpha value is -1.68. The Balaban J connectivity index is 1.97. The summed E-state index contributed by atoms with van der Waals surface area (Å²) in [6.07, 6.45) is 3.65. The Morgan fingerprint density at radius 3 is 2.50 bits per heavy atom. The van der Waals surface area contributed by atoms with Crippen molar-refractivity contribution in [3.63, 3.8) is 0 Å². The van der Waals surface area contributed by atoms with Gasteiger partial charge in [0, 0.05) is 0 Å². The summed E-state index contributed by atoms with van der Waals surface area (Å²) in [5, 5.41) is 8.80. The largest absolute Gasteiger partial charge is 0.625 e. The Morgan fingerprint density at radius 1 is 1.31 bits per heavy atom. The fourth-order valence-corrected chi connectivity index (χ4v) is 1.36. The summed E-state index contributed by atoms with van der Waals surface area (Å²) >= 11 is 0. The van der Waals surface area contributed by atoms with Crippen LogP contribution in [-0.4, -0.2) is 18.8 Å². The molecule has 0 aliphatic carbocycles. The van der Waals surface area contributed by atoms with Crippen LogP contribution in [-0.2, 0) is 0 Å². The molecule has 0 bridgehead atoms. The molecule has 0 unspecified atom stereocenters. The van der Waals surface area contributed by atoms with E-state index in [2.05, 4.69) is 0 Å². The highest BCUT2D eigenvalue weighted by Gasteiger charge is 2.28. The molecule has 0 saturated heterocycles. The van der Waals surface area contributed by atoms with Crippen LogP contribution in [0.15, 0.2) is 48.0 Å². The zero-order valence-corrected chi connectivity index (χ0v) is 9.09.